The SMILES string of the molecule is Cc1nc(-c2ccc3c(c2)OC(F)(F)O3)c(-c2cc(-c3cccc(S(C)(=O)=O)c3)ccc2-c2cc(C(=O)NCC3CC3)nn2C)o1. The van der Waals surface area contributed by atoms with Crippen molar-refractivity contribution in [2.75, 3.05) is 12.8 Å². The van der Waals surface area contributed by atoms with E-state index >= 15 is 0 Å². The van der Waals surface area contributed by atoms with Crippen molar-refractivity contribution in [1.82, 2.24) is 20.1 Å². The number of nitrogens with zero attached hydrogens (tertiary/aromatic N) is 3. The molecule has 7 rings (SSSR count). The number of oxazole rings is 1. The first kappa shape index (κ1) is 29.7. The molecule has 1 saturated carbocycles. The van der Waals surface area contributed by atoms with Crippen LogP contribution in [0.25, 0.3) is 45.0 Å². The van der Waals surface area contributed by atoms with E-state index in [1.807, 2.05) is 18.2 Å². The summed E-state index contributed by atoms with van der Waals surface area (Å²) in [6.07, 6.45) is -0.442. The Kier molecular flexibility index (Phi) is 6.96. The number of aryl methyl sites for hydroxylation is 2. The normalized spacial score (nSPS) is 15.2. The van der Waals surface area contributed by atoms with Crippen molar-refractivity contribution in [3.05, 3.63) is 78.3 Å². The maximum atomic E-state index is 13.8. The second kappa shape index (κ2) is 10.8. The van der Waals surface area contributed by atoms with Gasteiger partial charge in [0, 0.05) is 43.5 Å². The summed E-state index contributed by atoms with van der Waals surface area (Å²) in [5, 5.41) is 7.41. The van der Waals surface area contributed by atoms with Gasteiger partial charge in [-0.1, -0.05) is 24.3 Å². The summed E-state index contributed by atoms with van der Waals surface area (Å²) in [7, 11) is -1.74. The molecule has 1 amide bonds. The van der Waals surface area contributed by atoms with E-state index in [0.717, 1.165) is 19.1 Å². The van der Waals surface area contributed by atoms with Crippen LogP contribution in [0, 0.1) is 12.8 Å². The predicted molar refractivity (Wildman–Crippen MR) is 164 cm³/mol. The third-order valence-electron chi connectivity index (χ3n) is 7.91. The van der Waals surface area contributed by atoms with Crippen LogP contribution in [-0.2, 0) is 16.9 Å². The smallest absolute Gasteiger partial charge is 0.440 e. The molecule has 236 valence electrons. The number of aromatic nitrogens is 3. The lowest BCUT2D eigenvalue weighted by atomic mass is 9.94. The average molecular weight is 647 g/mol. The summed E-state index contributed by atoms with van der Waals surface area (Å²) >= 11 is 0. The highest BCUT2D eigenvalue weighted by Crippen LogP contribution is 2.46. The third kappa shape index (κ3) is 5.73. The lowest BCUT2D eigenvalue weighted by Gasteiger charge is -2.13. The minimum atomic E-state index is -3.78. The number of benzene rings is 3. The van der Waals surface area contributed by atoms with Gasteiger partial charge in [0.2, 0.25) is 0 Å². The fourth-order valence-electron chi connectivity index (χ4n) is 5.42. The monoisotopic (exact) mass is 646 g/mol. The molecule has 2 aliphatic rings. The summed E-state index contributed by atoms with van der Waals surface area (Å²) in [4.78, 5) is 17.7. The van der Waals surface area contributed by atoms with Crippen molar-refractivity contribution >= 4 is 15.7 Å². The molecular weight excluding hydrogens is 618 g/mol. The number of ether oxygens (including phenoxy) is 2. The zero-order valence-electron chi connectivity index (χ0n) is 25.0. The van der Waals surface area contributed by atoms with Crippen LogP contribution in [0.1, 0.15) is 29.2 Å². The highest BCUT2D eigenvalue weighted by molar-refractivity contribution is 7.90. The number of hydrogen-bond acceptors (Lipinski definition) is 8. The second-order valence-electron chi connectivity index (χ2n) is 11.5. The Morgan fingerprint density at radius 1 is 0.978 bits per heavy atom. The van der Waals surface area contributed by atoms with E-state index in [1.54, 1.807) is 49.0 Å². The Balaban J connectivity index is 1.38. The van der Waals surface area contributed by atoms with E-state index in [-0.39, 0.29) is 28.0 Å². The predicted octanol–water partition coefficient (Wildman–Crippen LogP) is 6.25. The lowest BCUT2D eigenvalue weighted by molar-refractivity contribution is -0.286. The molecule has 1 fully saturated rings. The minimum Gasteiger partial charge on any atom is -0.440 e. The molecule has 1 aliphatic heterocycles. The van der Waals surface area contributed by atoms with Crippen LogP contribution in [-0.4, -0.2) is 48.2 Å². The number of halogens is 2. The van der Waals surface area contributed by atoms with Crippen LogP contribution in [0.2, 0.25) is 0 Å². The maximum absolute atomic E-state index is 13.8. The van der Waals surface area contributed by atoms with Crippen LogP contribution in [0.5, 0.6) is 11.5 Å². The number of amides is 1. The molecule has 2 aromatic heterocycles. The van der Waals surface area contributed by atoms with E-state index in [2.05, 4.69) is 24.9 Å². The van der Waals surface area contributed by atoms with Gasteiger partial charge in [0.15, 0.2) is 38.7 Å². The maximum Gasteiger partial charge on any atom is 0.586 e. The van der Waals surface area contributed by atoms with Crippen molar-refractivity contribution in [2.45, 2.75) is 31.0 Å². The summed E-state index contributed by atoms with van der Waals surface area (Å²) in [5.41, 5.74) is 4.16. The van der Waals surface area contributed by atoms with Crippen molar-refractivity contribution in [2.24, 2.45) is 13.0 Å². The fraction of sp³-hybridized carbons (Fsp3) is 0.242. The van der Waals surface area contributed by atoms with Crippen molar-refractivity contribution < 1.29 is 35.9 Å². The largest absolute Gasteiger partial charge is 0.586 e. The first-order chi connectivity index (χ1) is 21.8. The number of fused-ring (bicyclic) bond motifs is 1. The molecule has 1 N–H and O–H groups in total. The van der Waals surface area contributed by atoms with E-state index < -0.39 is 16.1 Å². The summed E-state index contributed by atoms with van der Waals surface area (Å²) in [6, 6.07) is 18.1. The van der Waals surface area contributed by atoms with Gasteiger partial charge in [0.05, 0.1) is 10.6 Å². The number of hydrogen-bond donors (Lipinski definition) is 1. The topological polar surface area (TPSA) is 126 Å². The number of rotatable bonds is 8. The fourth-order valence-corrected chi connectivity index (χ4v) is 6.09. The molecule has 0 bridgehead atoms. The lowest BCUT2D eigenvalue weighted by Crippen LogP contribution is -2.25. The van der Waals surface area contributed by atoms with E-state index in [4.69, 9.17) is 4.42 Å². The van der Waals surface area contributed by atoms with E-state index in [9.17, 15) is 22.0 Å². The number of carbonyl (C=O) groups excluding carboxylic acids is 1. The van der Waals surface area contributed by atoms with Crippen LogP contribution in [0.4, 0.5) is 8.78 Å². The molecule has 46 heavy (non-hydrogen) atoms. The molecule has 3 aromatic carbocycles. The number of nitrogens with one attached hydrogen (secondary N) is 1. The van der Waals surface area contributed by atoms with Crippen LogP contribution >= 0.6 is 0 Å². The quantitative estimate of drug-likeness (QED) is 0.210. The third-order valence-corrected chi connectivity index (χ3v) is 9.02. The van der Waals surface area contributed by atoms with Gasteiger partial charge in [0.1, 0.15) is 5.69 Å². The number of alkyl halides is 2. The Morgan fingerprint density at radius 2 is 1.72 bits per heavy atom. The van der Waals surface area contributed by atoms with Crippen LogP contribution in [0.3, 0.4) is 0 Å². The van der Waals surface area contributed by atoms with Crippen molar-refractivity contribution in [3.8, 4) is 56.5 Å². The highest BCUT2D eigenvalue weighted by atomic mass is 32.2. The Bertz CT molecular complexity index is 2140. The minimum absolute atomic E-state index is 0.105. The molecule has 0 unspecified atom stereocenters. The first-order valence-corrected chi connectivity index (χ1v) is 16.4. The van der Waals surface area contributed by atoms with Gasteiger partial charge < -0.3 is 19.2 Å². The average Bonchev–Trinajstić information content (AvgIpc) is 3.51. The van der Waals surface area contributed by atoms with Gasteiger partial charge in [-0.05, 0) is 72.4 Å². The Morgan fingerprint density at radius 3 is 2.48 bits per heavy atom. The summed E-state index contributed by atoms with van der Waals surface area (Å²) in [6.45, 7) is 2.26. The summed E-state index contributed by atoms with van der Waals surface area (Å²) < 4.78 is 69.3. The molecule has 13 heteroatoms. The zero-order valence-corrected chi connectivity index (χ0v) is 25.8. The Labute approximate surface area is 262 Å². The zero-order chi connectivity index (χ0) is 32.4. The van der Waals surface area contributed by atoms with Gasteiger partial charge in [0.25, 0.3) is 5.91 Å². The molecule has 3 heterocycles. The van der Waals surface area contributed by atoms with Gasteiger partial charge in [-0.3, -0.25) is 9.48 Å². The molecule has 0 saturated heterocycles. The van der Waals surface area contributed by atoms with Gasteiger partial charge in [-0.25, -0.2) is 13.4 Å². The van der Waals surface area contributed by atoms with E-state index in [1.165, 1.54) is 18.2 Å². The van der Waals surface area contributed by atoms with Crippen LogP contribution < -0.4 is 14.8 Å². The van der Waals surface area contributed by atoms with Crippen LogP contribution in [0.15, 0.2) is 76.0 Å². The molecule has 1 aliphatic carbocycles. The van der Waals surface area contributed by atoms with Gasteiger partial charge >= 0.3 is 6.29 Å². The molecule has 0 atom stereocenters. The second-order valence-corrected chi connectivity index (χ2v) is 13.5. The van der Waals surface area contributed by atoms with Crippen molar-refractivity contribution in [1.29, 1.82) is 0 Å². The standard InChI is InChI=1S/C33H28F2N4O6S/c1-18-37-30(22-10-12-28-29(15-22)45-33(34,35)44-28)31(43-18)25-14-21(20-5-4-6-23(13-20)46(3,41)42)9-11-24(25)27-16-26(38-39(27)2)32(40)36-17-19-7-8-19/h4-6,9-16,19H,7-8,17H2,1-3H3,(H,36,40). The first-order valence-electron chi connectivity index (χ1n) is 14.5. The van der Waals surface area contributed by atoms with Gasteiger partial charge in [-0.15, -0.1) is 8.78 Å². The number of carbonyl (C=O) groups is 1. The number of sulfone groups is 1. The molecule has 10 nitrogen and oxygen atoms in total. The van der Waals surface area contributed by atoms with Crippen molar-refractivity contribution in [3.63, 3.8) is 0 Å². The highest BCUT2D eigenvalue weighted by Gasteiger charge is 2.43. The Hall–Kier alpha value is -5.04. The molecule has 0 spiro atoms. The summed E-state index contributed by atoms with van der Waals surface area (Å²) in [5.74, 6) is 0.607. The molecule has 0 radical (unpaired) electrons. The van der Waals surface area contributed by atoms with E-state index in [0.29, 0.717) is 63.3 Å². The molecule has 5 aromatic rings. The van der Waals surface area contributed by atoms with Gasteiger partial charge in [-0.2, -0.15) is 5.10 Å². The molecular formula is C33H28F2N4O6S.